The van der Waals surface area contributed by atoms with Gasteiger partial charge in [0.2, 0.25) is 5.89 Å². The molecule has 3 rings (SSSR count). The summed E-state index contributed by atoms with van der Waals surface area (Å²) in [5.41, 5.74) is 0.641. The molecule has 1 aromatic heterocycles. The maximum absolute atomic E-state index is 12.0. The van der Waals surface area contributed by atoms with Crippen molar-refractivity contribution in [2.75, 3.05) is 5.32 Å². The number of halogens is 2. The number of benzene rings is 1. The van der Waals surface area contributed by atoms with Crippen LogP contribution in [-0.2, 0) is 6.54 Å². The van der Waals surface area contributed by atoms with Gasteiger partial charge in [-0.2, -0.15) is 8.78 Å². The highest BCUT2D eigenvalue weighted by molar-refractivity contribution is 5.53. The fourth-order valence-electron chi connectivity index (χ4n) is 1.74. The quantitative estimate of drug-likeness (QED) is 0.818. The molecule has 0 spiro atoms. The molecular formula is C13H14F2N4O2. The highest BCUT2D eigenvalue weighted by Gasteiger charge is 2.21. The first-order chi connectivity index (χ1) is 10.2. The van der Waals surface area contributed by atoms with Crippen molar-refractivity contribution < 1.29 is 17.9 Å². The minimum absolute atomic E-state index is 0.0930. The van der Waals surface area contributed by atoms with Gasteiger partial charge in [0.1, 0.15) is 5.75 Å². The predicted octanol–water partition coefficient (Wildman–Crippen LogP) is 2.67. The summed E-state index contributed by atoms with van der Waals surface area (Å²) in [4.78, 5) is 0. The minimum Gasteiger partial charge on any atom is -0.435 e. The Balaban J connectivity index is 1.55. The van der Waals surface area contributed by atoms with Crippen LogP contribution in [0.2, 0.25) is 0 Å². The van der Waals surface area contributed by atoms with Gasteiger partial charge in [-0.05, 0) is 37.1 Å². The van der Waals surface area contributed by atoms with E-state index in [0.29, 0.717) is 24.2 Å². The van der Waals surface area contributed by atoms with Crippen molar-refractivity contribution in [1.29, 1.82) is 0 Å². The highest BCUT2D eigenvalue weighted by Crippen LogP contribution is 2.21. The van der Waals surface area contributed by atoms with E-state index >= 15 is 0 Å². The number of hydrogen-bond acceptors (Lipinski definition) is 6. The lowest BCUT2D eigenvalue weighted by atomic mass is 10.3. The van der Waals surface area contributed by atoms with Crippen LogP contribution in [0.1, 0.15) is 18.7 Å². The molecule has 0 radical (unpaired) electrons. The van der Waals surface area contributed by atoms with E-state index in [1.54, 1.807) is 12.1 Å². The maximum atomic E-state index is 12.0. The van der Waals surface area contributed by atoms with Gasteiger partial charge < -0.3 is 19.8 Å². The second-order valence-corrected chi connectivity index (χ2v) is 4.68. The molecule has 2 N–H and O–H groups in total. The number of alkyl halides is 2. The van der Waals surface area contributed by atoms with Crippen LogP contribution in [0.5, 0.6) is 5.75 Å². The number of aromatic nitrogens is 2. The zero-order valence-electron chi connectivity index (χ0n) is 11.1. The summed E-state index contributed by atoms with van der Waals surface area (Å²) in [6.07, 6.45) is 2.37. The Labute approximate surface area is 119 Å². The van der Waals surface area contributed by atoms with Crippen LogP contribution in [-0.4, -0.2) is 22.9 Å². The molecule has 2 aromatic rings. The van der Waals surface area contributed by atoms with Gasteiger partial charge in [0.15, 0.2) is 0 Å². The zero-order valence-corrected chi connectivity index (χ0v) is 11.1. The van der Waals surface area contributed by atoms with Crippen molar-refractivity contribution in [3.63, 3.8) is 0 Å². The Morgan fingerprint density at radius 2 is 2.00 bits per heavy atom. The molecule has 21 heavy (non-hydrogen) atoms. The number of anilines is 2. The molecular weight excluding hydrogens is 282 g/mol. The minimum atomic E-state index is -2.83. The van der Waals surface area contributed by atoms with E-state index in [2.05, 4.69) is 25.6 Å². The van der Waals surface area contributed by atoms with Crippen LogP contribution >= 0.6 is 0 Å². The molecule has 0 atom stereocenters. The molecule has 6 nitrogen and oxygen atoms in total. The van der Waals surface area contributed by atoms with Gasteiger partial charge in [-0.1, -0.05) is 5.10 Å². The summed E-state index contributed by atoms with van der Waals surface area (Å²) >= 11 is 0. The van der Waals surface area contributed by atoms with Gasteiger partial charge in [-0.3, -0.25) is 0 Å². The molecule has 0 bridgehead atoms. The van der Waals surface area contributed by atoms with Crippen LogP contribution in [0.3, 0.4) is 0 Å². The van der Waals surface area contributed by atoms with Crippen LogP contribution in [0.15, 0.2) is 28.7 Å². The molecule has 112 valence electrons. The number of hydrogen-bond donors (Lipinski definition) is 2. The monoisotopic (exact) mass is 296 g/mol. The van der Waals surface area contributed by atoms with Crippen LogP contribution < -0.4 is 15.4 Å². The van der Waals surface area contributed by atoms with Gasteiger partial charge >= 0.3 is 12.6 Å². The lowest BCUT2D eigenvalue weighted by Gasteiger charge is -2.05. The van der Waals surface area contributed by atoms with E-state index in [0.717, 1.165) is 0 Å². The number of nitrogens with zero attached hydrogens (tertiary/aromatic N) is 2. The Bertz CT molecular complexity index is 584. The van der Waals surface area contributed by atoms with Crippen LogP contribution in [0, 0.1) is 0 Å². The van der Waals surface area contributed by atoms with Gasteiger partial charge in [-0.25, -0.2) is 0 Å². The average Bonchev–Trinajstić information content (AvgIpc) is 3.18. The third kappa shape index (κ3) is 4.12. The second-order valence-electron chi connectivity index (χ2n) is 4.68. The third-order valence-corrected chi connectivity index (χ3v) is 2.92. The van der Waals surface area contributed by atoms with Crippen molar-refractivity contribution in [1.82, 2.24) is 15.5 Å². The smallest absolute Gasteiger partial charge is 0.387 e. The highest BCUT2D eigenvalue weighted by atomic mass is 19.3. The Morgan fingerprint density at radius 1 is 1.24 bits per heavy atom. The Hall–Kier alpha value is -2.22. The topological polar surface area (TPSA) is 72.2 Å². The number of rotatable bonds is 7. The van der Waals surface area contributed by atoms with E-state index in [9.17, 15) is 8.78 Å². The molecule has 1 aliphatic carbocycles. The molecule has 1 heterocycles. The standard InChI is InChI=1S/C13H14F2N4O2/c14-12(15)20-10-5-3-9(4-6-10)17-13-19-18-11(21-13)7-16-8-1-2-8/h3-6,8,12,16H,1-2,7H2,(H,17,19). The molecule has 8 heteroatoms. The lowest BCUT2D eigenvalue weighted by Crippen LogP contribution is -2.15. The Morgan fingerprint density at radius 3 is 2.67 bits per heavy atom. The van der Waals surface area contributed by atoms with E-state index in [1.807, 2.05) is 0 Å². The SMILES string of the molecule is FC(F)Oc1ccc(Nc2nnc(CNC3CC3)o2)cc1. The fourth-order valence-corrected chi connectivity index (χ4v) is 1.74. The largest absolute Gasteiger partial charge is 0.435 e. The van der Waals surface area contributed by atoms with E-state index in [1.165, 1.54) is 25.0 Å². The average molecular weight is 296 g/mol. The van der Waals surface area contributed by atoms with E-state index < -0.39 is 6.61 Å². The first-order valence-corrected chi connectivity index (χ1v) is 6.57. The maximum Gasteiger partial charge on any atom is 0.387 e. The first-order valence-electron chi connectivity index (χ1n) is 6.57. The molecule has 1 fully saturated rings. The molecule has 0 unspecified atom stereocenters. The molecule has 1 aliphatic rings. The molecule has 1 aromatic carbocycles. The van der Waals surface area contributed by atoms with Gasteiger partial charge in [0.25, 0.3) is 0 Å². The summed E-state index contributed by atoms with van der Waals surface area (Å²) in [5.74, 6) is 0.595. The fraction of sp³-hybridized carbons (Fsp3) is 0.385. The number of nitrogens with one attached hydrogen (secondary N) is 2. The van der Waals surface area contributed by atoms with E-state index in [4.69, 9.17) is 4.42 Å². The summed E-state index contributed by atoms with van der Waals surface area (Å²) in [5, 5.41) is 13.9. The molecule has 0 saturated heterocycles. The van der Waals surface area contributed by atoms with Crippen molar-refractivity contribution in [2.45, 2.75) is 32.0 Å². The van der Waals surface area contributed by atoms with Crippen LogP contribution in [0.4, 0.5) is 20.5 Å². The van der Waals surface area contributed by atoms with Gasteiger partial charge in [0.05, 0.1) is 6.54 Å². The normalized spacial score (nSPS) is 14.4. The summed E-state index contributed by atoms with van der Waals surface area (Å²) < 4.78 is 33.7. The van der Waals surface area contributed by atoms with Crippen molar-refractivity contribution in [3.8, 4) is 5.75 Å². The lowest BCUT2D eigenvalue weighted by molar-refractivity contribution is -0.0498. The second kappa shape index (κ2) is 6.04. The summed E-state index contributed by atoms with van der Waals surface area (Å²) in [6.45, 7) is -2.29. The van der Waals surface area contributed by atoms with E-state index in [-0.39, 0.29) is 11.8 Å². The summed E-state index contributed by atoms with van der Waals surface area (Å²) in [7, 11) is 0. The summed E-state index contributed by atoms with van der Waals surface area (Å²) in [6, 6.07) is 6.86. The molecule has 0 aliphatic heterocycles. The van der Waals surface area contributed by atoms with Crippen molar-refractivity contribution >= 4 is 11.7 Å². The predicted molar refractivity (Wildman–Crippen MR) is 70.5 cm³/mol. The third-order valence-electron chi connectivity index (χ3n) is 2.92. The molecule has 0 amide bonds. The first kappa shape index (κ1) is 13.7. The number of ether oxygens (including phenoxy) is 1. The van der Waals surface area contributed by atoms with Gasteiger partial charge in [0, 0.05) is 11.7 Å². The van der Waals surface area contributed by atoms with Crippen molar-refractivity contribution in [3.05, 3.63) is 30.2 Å². The molecule has 1 saturated carbocycles. The Kier molecular flexibility index (Phi) is 3.96. The van der Waals surface area contributed by atoms with Crippen molar-refractivity contribution in [2.24, 2.45) is 0 Å². The van der Waals surface area contributed by atoms with Gasteiger partial charge in [-0.15, -0.1) is 5.10 Å². The zero-order chi connectivity index (χ0) is 14.7. The van der Waals surface area contributed by atoms with Crippen LogP contribution in [0.25, 0.3) is 0 Å².